The molecule has 76 valence electrons. The zero-order valence-electron chi connectivity index (χ0n) is 8.10. The van der Waals surface area contributed by atoms with Gasteiger partial charge in [-0.15, -0.1) is 11.6 Å². The van der Waals surface area contributed by atoms with Gasteiger partial charge in [0.25, 0.3) is 5.91 Å². The molecule has 0 spiro atoms. The van der Waals surface area contributed by atoms with Gasteiger partial charge in [-0.1, -0.05) is 0 Å². The van der Waals surface area contributed by atoms with Crippen molar-refractivity contribution in [2.24, 2.45) is 0 Å². The van der Waals surface area contributed by atoms with Crippen LogP contribution in [0.4, 0.5) is 0 Å². The Kier molecular flexibility index (Phi) is 3.56. The number of rotatable bonds is 3. The molecule has 0 aromatic carbocycles. The van der Waals surface area contributed by atoms with Gasteiger partial charge in [-0.05, 0) is 26.7 Å². The van der Waals surface area contributed by atoms with E-state index in [1.807, 2.05) is 13.8 Å². The molecule has 1 N–H and O–H groups in total. The van der Waals surface area contributed by atoms with Gasteiger partial charge in [0.2, 0.25) is 0 Å². The number of hydrogen-bond donors (Lipinski definition) is 1. The number of alkyl halides is 1. The molecule has 0 aromatic rings. The fraction of sp³-hybridized carbons (Fsp3) is 0.889. The Bertz CT molecular complexity index is 188. The van der Waals surface area contributed by atoms with Crippen molar-refractivity contribution in [2.45, 2.75) is 37.7 Å². The highest BCUT2D eigenvalue weighted by molar-refractivity contribution is 6.20. The van der Waals surface area contributed by atoms with E-state index < -0.39 is 5.60 Å². The smallest absolute Gasteiger partial charge is 0.252 e. The van der Waals surface area contributed by atoms with Gasteiger partial charge in [0.15, 0.2) is 0 Å². The molecule has 0 aromatic heterocycles. The van der Waals surface area contributed by atoms with Crippen LogP contribution in [0.2, 0.25) is 0 Å². The second-order valence-corrected chi connectivity index (χ2v) is 4.42. The van der Waals surface area contributed by atoms with E-state index in [9.17, 15) is 4.79 Å². The van der Waals surface area contributed by atoms with Crippen LogP contribution in [0, 0.1) is 0 Å². The third kappa shape index (κ3) is 2.85. The third-order valence-electron chi connectivity index (χ3n) is 2.24. The van der Waals surface area contributed by atoms with Gasteiger partial charge < -0.3 is 10.1 Å². The minimum Gasteiger partial charge on any atom is -0.365 e. The Morgan fingerprint density at radius 3 is 2.92 bits per heavy atom. The maximum absolute atomic E-state index is 11.6. The van der Waals surface area contributed by atoms with Gasteiger partial charge in [0.05, 0.1) is 0 Å². The van der Waals surface area contributed by atoms with Gasteiger partial charge in [-0.25, -0.2) is 0 Å². The van der Waals surface area contributed by atoms with E-state index in [4.69, 9.17) is 16.3 Å². The molecule has 1 rings (SSSR count). The summed E-state index contributed by atoms with van der Waals surface area (Å²) in [6, 6.07) is 0. The molecule has 0 radical (unpaired) electrons. The monoisotopic (exact) mass is 205 g/mol. The van der Waals surface area contributed by atoms with Crippen LogP contribution in [0.5, 0.6) is 0 Å². The summed E-state index contributed by atoms with van der Waals surface area (Å²) < 4.78 is 5.38. The summed E-state index contributed by atoms with van der Waals surface area (Å²) in [5.74, 6) is -0.0440. The standard InChI is InChI=1S/C9H16ClNO2/c1-7(10)6-11-8(12)9(2)4-3-5-13-9/h7H,3-6H2,1-2H3,(H,11,12). The zero-order valence-corrected chi connectivity index (χ0v) is 8.86. The Labute approximate surface area is 83.8 Å². The minimum absolute atomic E-state index is 0.0334. The molecule has 4 heteroatoms. The number of ether oxygens (including phenoxy) is 1. The normalized spacial score (nSPS) is 30.1. The Morgan fingerprint density at radius 2 is 2.46 bits per heavy atom. The second kappa shape index (κ2) is 4.29. The lowest BCUT2D eigenvalue weighted by molar-refractivity contribution is -0.139. The van der Waals surface area contributed by atoms with E-state index in [0.717, 1.165) is 12.8 Å². The van der Waals surface area contributed by atoms with E-state index in [2.05, 4.69) is 5.32 Å². The Hall–Kier alpha value is -0.280. The Morgan fingerprint density at radius 1 is 1.77 bits per heavy atom. The van der Waals surface area contributed by atoms with Gasteiger partial charge in [0, 0.05) is 18.5 Å². The first kappa shape index (κ1) is 10.8. The van der Waals surface area contributed by atoms with E-state index in [0.29, 0.717) is 13.2 Å². The average Bonchev–Trinajstić information content (AvgIpc) is 2.49. The van der Waals surface area contributed by atoms with Crippen LogP contribution in [-0.2, 0) is 9.53 Å². The van der Waals surface area contributed by atoms with E-state index >= 15 is 0 Å². The van der Waals surface area contributed by atoms with Gasteiger partial charge >= 0.3 is 0 Å². The van der Waals surface area contributed by atoms with Gasteiger partial charge in [-0.2, -0.15) is 0 Å². The highest BCUT2D eigenvalue weighted by atomic mass is 35.5. The molecule has 1 heterocycles. The average molecular weight is 206 g/mol. The molecule has 0 aliphatic carbocycles. The van der Waals surface area contributed by atoms with Crippen LogP contribution in [0.3, 0.4) is 0 Å². The highest BCUT2D eigenvalue weighted by Crippen LogP contribution is 2.24. The Balaban J connectivity index is 2.38. The van der Waals surface area contributed by atoms with Crippen molar-refractivity contribution in [3.05, 3.63) is 0 Å². The summed E-state index contributed by atoms with van der Waals surface area (Å²) in [5.41, 5.74) is -0.619. The van der Waals surface area contributed by atoms with Gasteiger partial charge in [-0.3, -0.25) is 4.79 Å². The van der Waals surface area contributed by atoms with Crippen LogP contribution < -0.4 is 5.32 Å². The highest BCUT2D eigenvalue weighted by Gasteiger charge is 2.37. The summed E-state index contributed by atoms with van der Waals surface area (Å²) in [5, 5.41) is 2.74. The molecule has 1 fully saturated rings. The van der Waals surface area contributed by atoms with Crippen molar-refractivity contribution >= 4 is 17.5 Å². The summed E-state index contributed by atoms with van der Waals surface area (Å²) in [6.07, 6.45) is 1.76. The first-order valence-electron chi connectivity index (χ1n) is 4.61. The first-order chi connectivity index (χ1) is 6.04. The fourth-order valence-electron chi connectivity index (χ4n) is 1.38. The van der Waals surface area contributed by atoms with E-state index in [1.54, 1.807) is 0 Å². The molecule has 2 atom stereocenters. The number of amides is 1. The number of hydrogen-bond acceptors (Lipinski definition) is 2. The predicted octanol–water partition coefficient (Wildman–Crippen LogP) is 1.30. The molecule has 13 heavy (non-hydrogen) atoms. The number of nitrogens with one attached hydrogen (secondary N) is 1. The van der Waals surface area contributed by atoms with E-state index in [1.165, 1.54) is 0 Å². The maximum Gasteiger partial charge on any atom is 0.252 e. The second-order valence-electron chi connectivity index (χ2n) is 3.67. The van der Waals surface area contributed by atoms with Crippen molar-refractivity contribution < 1.29 is 9.53 Å². The largest absolute Gasteiger partial charge is 0.365 e. The summed E-state index contributed by atoms with van der Waals surface area (Å²) in [4.78, 5) is 11.6. The van der Waals surface area contributed by atoms with Crippen LogP contribution in [-0.4, -0.2) is 30.0 Å². The molecular formula is C9H16ClNO2. The molecule has 0 bridgehead atoms. The van der Waals surface area contributed by atoms with Crippen molar-refractivity contribution in [3.63, 3.8) is 0 Å². The molecular weight excluding hydrogens is 190 g/mol. The summed E-state index contributed by atoms with van der Waals surface area (Å²) in [7, 11) is 0. The molecule has 1 aliphatic heterocycles. The number of carbonyl (C=O) groups is 1. The lowest BCUT2D eigenvalue weighted by Gasteiger charge is -2.22. The molecule has 2 unspecified atom stereocenters. The molecule has 1 amide bonds. The third-order valence-corrected chi connectivity index (χ3v) is 2.40. The van der Waals surface area contributed by atoms with Crippen LogP contribution >= 0.6 is 11.6 Å². The van der Waals surface area contributed by atoms with Crippen LogP contribution in [0.15, 0.2) is 0 Å². The summed E-state index contributed by atoms with van der Waals surface area (Å²) >= 11 is 5.72. The lowest BCUT2D eigenvalue weighted by atomic mass is 10.0. The minimum atomic E-state index is -0.619. The van der Waals surface area contributed by atoms with Crippen molar-refractivity contribution in [1.82, 2.24) is 5.32 Å². The van der Waals surface area contributed by atoms with Crippen LogP contribution in [0.25, 0.3) is 0 Å². The number of halogens is 1. The molecule has 0 saturated carbocycles. The first-order valence-corrected chi connectivity index (χ1v) is 5.04. The van der Waals surface area contributed by atoms with E-state index in [-0.39, 0.29) is 11.3 Å². The fourth-order valence-corrected chi connectivity index (χ4v) is 1.46. The van der Waals surface area contributed by atoms with Gasteiger partial charge in [0.1, 0.15) is 5.60 Å². The molecule has 3 nitrogen and oxygen atoms in total. The molecule has 1 saturated heterocycles. The summed E-state index contributed by atoms with van der Waals surface area (Å²) in [6.45, 7) is 4.85. The number of carbonyl (C=O) groups excluding carboxylic acids is 1. The topological polar surface area (TPSA) is 38.3 Å². The predicted molar refractivity (Wildman–Crippen MR) is 51.9 cm³/mol. The van der Waals surface area contributed by atoms with Crippen molar-refractivity contribution in [1.29, 1.82) is 0 Å². The van der Waals surface area contributed by atoms with Crippen molar-refractivity contribution in [2.75, 3.05) is 13.2 Å². The van der Waals surface area contributed by atoms with Crippen molar-refractivity contribution in [3.8, 4) is 0 Å². The van der Waals surface area contributed by atoms with Crippen LogP contribution in [0.1, 0.15) is 26.7 Å². The SMILES string of the molecule is CC(Cl)CNC(=O)C1(C)CCCO1. The lowest BCUT2D eigenvalue weighted by Crippen LogP contribution is -2.45. The quantitative estimate of drug-likeness (QED) is 0.706. The maximum atomic E-state index is 11.6. The molecule has 1 aliphatic rings. The zero-order chi connectivity index (χ0) is 9.90.